The average molecular weight is 435 g/mol. The van der Waals surface area contributed by atoms with Crippen molar-refractivity contribution in [2.24, 2.45) is 11.8 Å². The largest absolute Gasteiger partial charge is 0.405 e. The van der Waals surface area contributed by atoms with Gasteiger partial charge in [0.1, 0.15) is 17.4 Å². The van der Waals surface area contributed by atoms with Crippen LogP contribution in [0.5, 0.6) is 0 Å². The smallest absolute Gasteiger partial charge is 0.393 e. The van der Waals surface area contributed by atoms with Crippen LogP contribution < -0.4 is 10.6 Å². The summed E-state index contributed by atoms with van der Waals surface area (Å²) in [6.45, 7) is 0.537. The van der Waals surface area contributed by atoms with Crippen molar-refractivity contribution in [2.45, 2.75) is 38.1 Å². The SMILES string of the molecule is Cc1nc(NCC(F)(F)F)nc(N[C@H]2C[C@H](O)[C@@H]3CC23)c1-c1nc2ccccc2s1. The highest BCUT2D eigenvalue weighted by atomic mass is 32.1. The molecular weight excluding hydrogens is 415 g/mol. The lowest BCUT2D eigenvalue weighted by Gasteiger charge is -2.20. The van der Waals surface area contributed by atoms with Gasteiger partial charge in [-0.15, -0.1) is 11.3 Å². The van der Waals surface area contributed by atoms with Crippen LogP contribution in [0.15, 0.2) is 24.3 Å². The molecule has 2 fully saturated rings. The molecule has 30 heavy (non-hydrogen) atoms. The molecule has 0 aliphatic heterocycles. The zero-order chi connectivity index (χ0) is 21.0. The standard InChI is InChI=1S/C20H20F3N5OS/c1-9-16(18-27-12-4-2-3-5-15(12)30-18)17(26-13-7-14(29)11-6-10(11)13)28-19(25-9)24-8-20(21,22)23/h2-5,10-11,13-14,29H,6-8H2,1H3,(H2,24,25,26,28)/t10?,11-,13+,14+/m1/s1. The van der Waals surface area contributed by atoms with Crippen LogP contribution >= 0.6 is 11.3 Å². The number of rotatable bonds is 5. The first-order valence-corrected chi connectivity index (χ1v) is 10.6. The van der Waals surface area contributed by atoms with Crippen LogP contribution in [0.1, 0.15) is 18.5 Å². The van der Waals surface area contributed by atoms with E-state index in [1.54, 1.807) is 6.92 Å². The average Bonchev–Trinajstić information content (AvgIpc) is 3.28. The molecule has 2 aliphatic rings. The van der Waals surface area contributed by atoms with E-state index in [0.29, 0.717) is 40.3 Å². The topological polar surface area (TPSA) is 83.0 Å². The van der Waals surface area contributed by atoms with E-state index in [9.17, 15) is 18.3 Å². The number of hydrogen-bond donors (Lipinski definition) is 3. The van der Waals surface area contributed by atoms with E-state index in [-0.39, 0.29) is 18.1 Å². The van der Waals surface area contributed by atoms with Crippen molar-refractivity contribution >= 4 is 33.3 Å². The monoisotopic (exact) mass is 435 g/mol. The second-order valence-corrected chi connectivity index (χ2v) is 8.96. The van der Waals surface area contributed by atoms with Gasteiger partial charge in [0.05, 0.1) is 27.6 Å². The van der Waals surface area contributed by atoms with Gasteiger partial charge in [-0.3, -0.25) is 0 Å². The predicted molar refractivity (Wildman–Crippen MR) is 110 cm³/mol. The molecule has 0 radical (unpaired) electrons. The molecule has 0 spiro atoms. The summed E-state index contributed by atoms with van der Waals surface area (Å²) in [5.74, 6) is 1.04. The number of halogens is 3. The van der Waals surface area contributed by atoms with Crippen LogP contribution in [0.3, 0.4) is 0 Å². The van der Waals surface area contributed by atoms with Gasteiger partial charge in [0.25, 0.3) is 0 Å². The first kappa shape index (κ1) is 19.5. The molecule has 2 aromatic heterocycles. The lowest BCUT2D eigenvalue weighted by Crippen LogP contribution is -2.25. The number of hydrogen-bond acceptors (Lipinski definition) is 7. The van der Waals surface area contributed by atoms with Crippen molar-refractivity contribution in [2.75, 3.05) is 17.2 Å². The second-order valence-electron chi connectivity index (χ2n) is 7.93. The van der Waals surface area contributed by atoms with Crippen molar-refractivity contribution in [1.82, 2.24) is 15.0 Å². The van der Waals surface area contributed by atoms with Crippen molar-refractivity contribution in [1.29, 1.82) is 0 Å². The van der Waals surface area contributed by atoms with Gasteiger partial charge in [0.2, 0.25) is 5.95 Å². The fourth-order valence-corrected chi connectivity index (χ4v) is 5.33. The molecule has 2 aliphatic carbocycles. The van der Waals surface area contributed by atoms with E-state index in [1.165, 1.54) is 11.3 Å². The van der Waals surface area contributed by atoms with Gasteiger partial charge in [-0.1, -0.05) is 12.1 Å². The number of para-hydroxylation sites is 1. The highest BCUT2D eigenvalue weighted by Crippen LogP contribution is 2.53. The van der Waals surface area contributed by atoms with Gasteiger partial charge in [0.15, 0.2) is 0 Å². The Morgan fingerprint density at radius 2 is 1.93 bits per heavy atom. The summed E-state index contributed by atoms with van der Waals surface area (Å²) in [5.41, 5.74) is 2.08. The molecule has 3 aromatic rings. The molecule has 0 saturated heterocycles. The maximum atomic E-state index is 12.7. The number of thiazole rings is 1. The van der Waals surface area contributed by atoms with Gasteiger partial charge >= 0.3 is 6.18 Å². The second kappa shape index (κ2) is 7.05. The number of aliphatic hydroxyl groups is 1. The van der Waals surface area contributed by atoms with Crippen molar-refractivity contribution in [3.05, 3.63) is 30.0 Å². The molecule has 4 atom stereocenters. The Bertz CT molecular complexity index is 1070. The Morgan fingerprint density at radius 1 is 1.13 bits per heavy atom. The minimum atomic E-state index is -4.37. The summed E-state index contributed by atoms with van der Waals surface area (Å²) in [6, 6.07) is 7.76. The van der Waals surface area contributed by atoms with Crippen LogP contribution in [-0.4, -0.2) is 44.9 Å². The summed E-state index contributed by atoms with van der Waals surface area (Å²) in [7, 11) is 0. The highest BCUT2D eigenvalue weighted by Gasteiger charge is 2.54. The van der Waals surface area contributed by atoms with Crippen molar-refractivity contribution in [3.8, 4) is 10.6 Å². The minimum Gasteiger partial charge on any atom is -0.393 e. The predicted octanol–water partition coefficient (Wildman–Crippen LogP) is 4.22. The van der Waals surface area contributed by atoms with Crippen LogP contribution in [0.25, 0.3) is 20.8 Å². The zero-order valence-corrected chi connectivity index (χ0v) is 16.9. The number of fused-ring (bicyclic) bond motifs is 2. The molecule has 158 valence electrons. The quantitative estimate of drug-likeness (QED) is 0.557. The third kappa shape index (κ3) is 3.69. The summed E-state index contributed by atoms with van der Waals surface area (Å²) in [6.07, 6.45) is -3.15. The number of aliphatic hydroxyl groups excluding tert-OH is 1. The van der Waals surface area contributed by atoms with Crippen LogP contribution in [0, 0.1) is 18.8 Å². The Balaban J connectivity index is 1.53. The number of aromatic nitrogens is 3. The first-order chi connectivity index (χ1) is 14.3. The maximum absolute atomic E-state index is 12.7. The fourth-order valence-electron chi connectivity index (χ4n) is 4.26. The van der Waals surface area contributed by atoms with E-state index in [4.69, 9.17) is 0 Å². The summed E-state index contributed by atoms with van der Waals surface area (Å²) in [5, 5.41) is 16.5. The first-order valence-electron chi connectivity index (χ1n) is 9.78. The molecule has 1 aromatic carbocycles. The fraction of sp³-hybridized carbons (Fsp3) is 0.450. The van der Waals surface area contributed by atoms with Gasteiger partial charge in [-0.2, -0.15) is 18.2 Å². The highest BCUT2D eigenvalue weighted by molar-refractivity contribution is 7.21. The lowest BCUT2D eigenvalue weighted by molar-refractivity contribution is -0.115. The Kier molecular flexibility index (Phi) is 4.59. The molecule has 3 N–H and O–H groups in total. The van der Waals surface area contributed by atoms with Crippen molar-refractivity contribution < 1.29 is 18.3 Å². The summed E-state index contributed by atoms with van der Waals surface area (Å²) < 4.78 is 39.0. The zero-order valence-electron chi connectivity index (χ0n) is 16.1. The van der Waals surface area contributed by atoms with E-state index in [2.05, 4.69) is 25.6 Å². The number of anilines is 2. The molecule has 0 bridgehead atoms. The maximum Gasteiger partial charge on any atom is 0.405 e. The van der Waals surface area contributed by atoms with Crippen LogP contribution in [0.4, 0.5) is 24.9 Å². The molecule has 0 amide bonds. The third-order valence-corrected chi connectivity index (χ3v) is 6.82. The molecule has 2 heterocycles. The molecule has 5 rings (SSSR count). The Morgan fingerprint density at radius 3 is 2.60 bits per heavy atom. The van der Waals surface area contributed by atoms with Gasteiger partial charge < -0.3 is 15.7 Å². The molecular formula is C20H20F3N5OS. The van der Waals surface area contributed by atoms with E-state index in [0.717, 1.165) is 16.6 Å². The van der Waals surface area contributed by atoms with Crippen molar-refractivity contribution in [3.63, 3.8) is 0 Å². The number of aryl methyl sites for hydroxylation is 1. The van der Waals surface area contributed by atoms with Gasteiger partial charge in [-0.25, -0.2) is 9.97 Å². The van der Waals surface area contributed by atoms with Gasteiger partial charge in [-0.05, 0) is 43.7 Å². The van der Waals surface area contributed by atoms with E-state index < -0.39 is 12.7 Å². The number of nitrogens with one attached hydrogen (secondary N) is 2. The molecule has 6 nitrogen and oxygen atoms in total. The molecule has 2 saturated carbocycles. The Hall–Kier alpha value is -2.46. The Labute approximate surface area is 174 Å². The van der Waals surface area contributed by atoms with E-state index >= 15 is 0 Å². The normalized spacial score (nSPS) is 25.4. The lowest BCUT2D eigenvalue weighted by atomic mass is 10.1. The number of nitrogens with zero attached hydrogens (tertiary/aromatic N) is 3. The van der Waals surface area contributed by atoms with E-state index in [1.807, 2.05) is 24.3 Å². The summed E-state index contributed by atoms with van der Waals surface area (Å²) >= 11 is 1.49. The minimum absolute atomic E-state index is 0.0305. The third-order valence-electron chi connectivity index (χ3n) is 5.76. The van der Waals surface area contributed by atoms with Crippen LogP contribution in [-0.2, 0) is 0 Å². The number of benzene rings is 1. The molecule has 10 heteroatoms. The van der Waals surface area contributed by atoms with Gasteiger partial charge in [0, 0.05) is 6.04 Å². The summed E-state index contributed by atoms with van der Waals surface area (Å²) in [4.78, 5) is 13.3. The van der Waals surface area contributed by atoms with Crippen LogP contribution in [0.2, 0.25) is 0 Å². The molecule has 1 unspecified atom stereocenters. The number of alkyl halides is 3.